The second kappa shape index (κ2) is 8.68. The standard InChI is InChI=1S/C22H25NO3/c1-23(2)14-19(13-17-9-5-3-6-10-17)22(24)21-16-25-15-20(26-21)18-11-7-4-8-12-18/h3-7,9-11,15-16,19H,8,12-14H2,1-2H3/t19-/m0/s1. The van der Waals surface area contributed by atoms with E-state index < -0.39 is 0 Å². The minimum atomic E-state index is -0.193. The van der Waals surface area contributed by atoms with E-state index in [2.05, 4.69) is 6.08 Å². The molecule has 136 valence electrons. The molecule has 4 heteroatoms. The summed E-state index contributed by atoms with van der Waals surface area (Å²) in [6.07, 6.45) is 11.6. The number of benzene rings is 1. The van der Waals surface area contributed by atoms with Crippen LogP contribution in [0.15, 0.2) is 78.2 Å². The van der Waals surface area contributed by atoms with Crippen LogP contribution in [-0.4, -0.2) is 31.3 Å². The maximum Gasteiger partial charge on any atom is 0.205 e. The van der Waals surface area contributed by atoms with Crippen molar-refractivity contribution >= 4 is 5.78 Å². The highest BCUT2D eigenvalue weighted by Crippen LogP contribution is 2.28. The quantitative estimate of drug-likeness (QED) is 0.745. The number of carbonyl (C=O) groups is 1. The van der Waals surface area contributed by atoms with Gasteiger partial charge in [-0.3, -0.25) is 4.79 Å². The summed E-state index contributed by atoms with van der Waals surface area (Å²) in [7, 11) is 3.95. The van der Waals surface area contributed by atoms with Crippen LogP contribution in [0, 0.1) is 5.92 Å². The maximum atomic E-state index is 13.1. The molecule has 1 aliphatic carbocycles. The SMILES string of the molecule is CN(C)C[C@H](Cc1ccccc1)C(=O)C1=COC=C(C2=CC=CCC2)O1. The van der Waals surface area contributed by atoms with Gasteiger partial charge in [0.05, 0.1) is 0 Å². The van der Waals surface area contributed by atoms with E-state index in [1.807, 2.05) is 61.5 Å². The number of allylic oxidation sites excluding steroid dienone is 5. The summed E-state index contributed by atoms with van der Waals surface area (Å²) in [5, 5.41) is 0. The van der Waals surface area contributed by atoms with Gasteiger partial charge < -0.3 is 14.4 Å². The largest absolute Gasteiger partial charge is 0.465 e. The van der Waals surface area contributed by atoms with Crippen molar-refractivity contribution in [2.24, 2.45) is 5.92 Å². The molecule has 26 heavy (non-hydrogen) atoms. The molecule has 0 aromatic heterocycles. The average molecular weight is 351 g/mol. The molecule has 0 saturated heterocycles. The first kappa shape index (κ1) is 18.2. The van der Waals surface area contributed by atoms with E-state index >= 15 is 0 Å². The molecule has 3 rings (SSSR count). The number of ketones is 1. The highest BCUT2D eigenvalue weighted by atomic mass is 16.5. The van der Waals surface area contributed by atoms with Gasteiger partial charge in [0.2, 0.25) is 11.5 Å². The lowest BCUT2D eigenvalue weighted by Crippen LogP contribution is -2.31. The molecular weight excluding hydrogens is 326 g/mol. The van der Waals surface area contributed by atoms with Crippen molar-refractivity contribution in [3.8, 4) is 0 Å². The second-order valence-corrected chi connectivity index (χ2v) is 6.87. The molecule has 0 fully saturated rings. The predicted molar refractivity (Wildman–Crippen MR) is 102 cm³/mol. The van der Waals surface area contributed by atoms with E-state index in [0.717, 1.165) is 24.0 Å². The van der Waals surface area contributed by atoms with E-state index in [1.165, 1.54) is 6.26 Å². The van der Waals surface area contributed by atoms with E-state index in [-0.39, 0.29) is 17.5 Å². The maximum absolute atomic E-state index is 13.1. The van der Waals surface area contributed by atoms with Crippen LogP contribution in [0.5, 0.6) is 0 Å². The summed E-state index contributed by atoms with van der Waals surface area (Å²) in [6.45, 7) is 0.652. The van der Waals surface area contributed by atoms with Crippen molar-refractivity contribution in [2.75, 3.05) is 20.6 Å². The highest BCUT2D eigenvalue weighted by Gasteiger charge is 2.28. The zero-order valence-corrected chi connectivity index (χ0v) is 15.4. The minimum Gasteiger partial charge on any atom is -0.465 e. The Bertz CT molecular complexity index is 757. The minimum absolute atomic E-state index is 0.0277. The Hall–Kier alpha value is -2.59. The molecule has 0 N–H and O–H groups in total. The van der Waals surface area contributed by atoms with Crippen LogP contribution in [0.1, 0.15) is 18.4 Å². The third-order valence-corrected chi connectivity index (χ3v) is 4.42. The van der Waals surface area contributed by atoms with Crippen LogP contribution in [-0.2, 0) is 20.7 Å². The van der Waals surface area contributed by atoms with E-state index in [4.69, 9.17) is 9.47 Å². The first-order valence-corrected chi connectivity index (χ1v) is 8.96. The van der Waals surface area contributed by atoms with Crippen LogP contribution in [0.25, 0.3) is 0 Å². The summed E-state index contributed by atoms with van der Waals surface area (Å²) in [6, 6.07) is 10.1. The zero-order chi connectivity index (χ0) is 18.4. The number of hydrogen-bond acceptors (Lipinski definition) is 4. The van der Waals surface area contributed by atoms with Crippen molar-refractivity contribution in [3.63, 3.8) is 0 Å². The molecule has 0 unspecified atom stereocenters. The molecule has 0 bridgehead atoms. The first-order valence-electron chi connectivity index (χ1n) is 8.96. The van der Waals surface area contributed by atoms with Gasteiger partial charge >= 0.3 is 0 Å². The van der Waals surface area contributed by atoms with E-state index in [1.54, 1.807) is 6.26 Å². The molecule has 1 atom stereocenters. The van der Waals surface area contributed by atoms with E-state index in [9.17, 15) is 4.79 Å². The van der Waals surface area contributed by atoms with E-state index in [0.29, 0.717) is 18.7 Å². The fourth-order valence-corrected chi connectivity index (χ4v) is 3.16. The number of carbonyl (C=O) groups excluding carboxylic acids is 1. The molecule has 1 heterocycles. The monoisotopic (exact) mass is 351 g/mol. The summed E-state index contributed by atoms with van der Waals surface area (Å²) >= 11 is 0. The molecular formula is C22H25NO3. The topological polar surface area (TPSA) is 38.8 Å². The fraction of sp³-hybridized carbons (Fsp3) is 0.318. The molecule has 1 aliphatic heterocycles. The smallest absolute Gasteiger partial charge is 0.205 e. The Morgan fingerprint density at radius 1 is 1.19 bits per heavy atom. The lowest BCUT2D eigenvalue weighted by molar-refractivity contribution is -0.122. The van der Waals surface area contributed by atoms with Crippen molar-refractivity contribution in [1.82, 2.24) is 4.90 Å². The van der Waals surface area contributed by atoms with Gasteiger partial charge in [-0.25, -0.2) is 0 Å². The third-order valence-electron chi connectivity index (χ3n) is 4.42. The molecule has 0 saturated carbocycles. The molecule has 0 radical (unpaired) electrons. The second-order valence-electron chi connectivity index (χ2n) is 6.87. The molecule has 0 amide bonds. The van der Waals surface area contributed by atoms with Gasteiger partial charge in [-0.15, -0.1) is 0 Å². The van der Waals surface area contributed by atoms with Gasteiger partial charge in [0, 0.05) is 12.5 Å². The van der Waals surface area contributed by atoms with Crippen LogP contribution >= 0.6 is 0 Å². The number of ether oxygens (including phenoxy) is 2. The van der Waals surface area contributed by atoms with Crippen LogP contribution in [0.3, 0.4) is 0 Å². The number of Topliss-reactive ketones (excluding diaryl/α,β-unsaturated/α-hetero) is 1. The van der Waals surface area contributed by atoms with Gasteiger partial charge in [-0.05, 0) is 44.5 Å². The highest BCUT2D eigenvalue weighted by molar-refractivity contribution is 5.95. The molecule has 2 aliphatic rings. The average Bonchev–Trinajstić information content (AvgIpc) is 2.68. The number of rotatable bonds is 7. The summed E-state index contributed by atoms with van der Waals surface area (Å²) in [5.74, 6) is 0.686. The Morgan fingerprint density at radius 3 is 2.69 bits per heavy atom. The van der Waals surface area contributed by atoms with Crippen molar-refractivity contribution in [3.05, 3.63) is 83.7 Å². The summed E-state index contributed by atoms with van der Waals surface area (Å²) in [5.41, 5.74) is 2.19. The van der Waals surface area contributed by atoms with Gasteiger partial charge in [0.25, 0.3) is 0 Å². The Labute approximate surface area is 155 Å². The van der Waals surface area contributed by atoms with Crippen LogP contribution < -0.4 is 0 Å². The molecule has 0 spiro atoms. The number of nitrogens with zero attached hydrogens (tertiary/aromatic N) is 1. The molecule has 1 aromatic carbocycles. The molecule has 1 aromatic rings. The normalized spacial score (nSPS) is 17.6. The van der Waals surface area contributed by atoms with Crippen molar-refractivity contribution in [2.45, 2.75) is 19.3 Å². The third kappa shape index (κ3) is 4.73. The van der Waals surface area contributed by atoms with Crippen LogP contribution in [0.2, 0.25) is 0 Å². The lowest BCUT2D eigenvalue weighted by atomic mass is 9.93. The Balaban J connectivity index is 1.72. The number of hydrogen-bond donors (Lipinski definition) is 0. The summed E-state index contributed by atoms with van der Waals surface area (Å²) in [4.78, 5) is 15.1. The van der Waals surface area contributed by atoms with Gasteiger partial charge in [-0.1, -0.05) is 48.6 Å². The Morgan fingerprint density at radius 2 is 2.00 bits per heavy atom. The van der Waals surface area contributed by atoms with Gasteiger partial charge in [0.1, 0.15) is 12.5 Å². The first-order chi connectivity index (χ1) is 12.6. The predicted octanol–water partition coefficient (Wildman–Crippen LogP) is 3.98. The molecule has 4 nitrogen and oxygen atoms in total. The lowest BCUT2D eigenvalue weighted by Gasteiger charge is -2.24. The van der Waals surface area contributed by atoms with Gasteiger partial charge in [0.15, 0.2) is 5.76 Å². The zero-order valence-electron chi connectivity index (χ0n) is 15.4. The van der Waals surface area contributed by atoms with Crippen LogP contribution in [0.4, 0.5) is 0 Å². The Kier molecular flexibility index (Phi) is 6.08. The van der Waals surface area contributed by atoms with Crippen molar-refractivity contribution in [1.29, 1.82) is 0 Å². The summed E-state index contributed by atoms with van der Waals surface area (Å²) < 4.78 is 11.3. The fourth-order valence-electron chi connectivity index (χ4n) is 3.16. The van der Waals surface area contributed by atoms with Gasteiger partial charge in [-0.2, -0.15) is 0 Å². The van der Waals surface area contributed by atoms with Crippen molar-refractivity contribution < 1.29 is 14.3 Å².